The van der Waals surface area contributed by atoms with Crippen molar-refractivity contribution in [2.75, 3.05) is 13.1 Å². The number of hydrogen-bond acceptors (Lipinski definition) is 1. The second-order valence-electron chi connectivity index (χ2n) is 6.50. The summed E-state index contributed by atoms with van der Waals surface area (Å²) in [5.74, 6) is -0.0693. The van der Waals surface area contributed by atoms with Gasteiger partial charge in [-0.25, -0.2) is 4.39 Å². The van der Waals surface area contributed by atoms with E-state index in [9.17, 15) is 4.39 Å². The Labute approximate surface area is 125 Å². The summed E-state index contributed by atoms with van der Waals surface area (Å²) in [6.45, 7) is 1.73. The van der Waals surface area contributed by atoms with Crippen LogP contribution >= 0.6 is 0 Å². The van der Waals surface area contributed by atoms with Crippen LogP contribution < -0.4 is 5.32 Å². The van der Waals surface area contributed by atoms with Crippen LogP contribution in [0.5, 0.6) is 0 Å². The van der Waals surface area contributed by atoms with Crippen LogP contribution in [0.1, 0.15) is 28.7 Å². The van der Waals surface area contributed by atoms with E-state index >= 15 is 0 Å². The van der Waals surface area contributed by atoms with E-state index in [2.05, 4.69) is 23.5 Å². The lowest BCUT2D eigenvalue weighted by molar-refractivity contribution is 0.266. The van der Waals surface area contributed by atoms with Crippen molar-refractivity contribution < 1.29 is 4.39 Å². The molecule has 0 aromatic heterocycles. The molecule has 1 nitrogen and oxygen atoms in total. The quantitative estimate of drug-likeness (QED) is 0.909. The van der Waals surface area contributed by atoms with E-state index in [1.54, 1.807) is 12.1 Å². The Bertz CT molecular complexity index is 673. The van der Waals surface area contributed by atoms with E-state index in [1.165, 1.54) is 36.0 Å². The van der Waals surface area contributed by atoms with Gasteiger partial charge in [0, 0.05) is 18.5 Å². The standard InChI is InChI=1S/C19H20FN/c20-18-7-2-1-6-17(18)19(12-21-13-19)11-14-8-9-15-4-3-5-16(15)10-14/h1-2,6-10,21H,3-5,11-13H2. The minimum absolute atomic E-state index is 0.0693. The summed E-state index contributed by atoms with van der Waals surface area (Å²) in [6.07, 6.45) is 4.62. The van der Waals surface area contributed by atoms with Gasteiger partial charge < -0.3 is 5.32 Å². The predicted molar refractivity (Wildman–Crippen MR) is 83.1 cm³/mol. The van der Waals surface area contributed by atoms with Gasteiger partial charge in [-0.1, -0.05) is 36.4 Å². The third-order valence-electron chi connectivity index (χ3n) is 5.08. The first-order valence-electron chi connectivity index (χ1n) is 7.83. The average Bonchev–Trinajstić information content (AvgIpc) is 2.91. The Kier molecular flexibility index (Phi) is 3.07. The highest BCUT2D eigenvalue weighted by atomic mass is 19.1. The number of halogens is 1. The smallest absolute Gasteiger partial charge is 0.127 e. The highest BCUT2D eigenvalue weighted by Crippen LogP contribution is 2.35. The number of aryl methyl sites for hydroxylation is 2. The van der Waals surface area contributed by atoms with E-state index in [1.807, 2.05) is 12.1 Å². The maximum absolute atomic E-state index is 14.2. The first kappa shape index (κ1) is 13.0. The lowest BCUT2D eigenvalue weighted by Gasteiger charge is -2.43. The number of fused-ring (bicyclic) bond motifs is 1. The van der Waals surface area contributed by atoms with Crippen molar-refractivity contribution in [3.63, 3.8) is 0 Å². The Morgan fingerprint density at radius 3 is 2.57 bits per heavy atom. The fraction of sp³-hybridized carbons (Fsp3) is 0.368. The van der Waals surface area contributed by atoms with E-state index in [0.29, 0.717) is 0 Å². The highest BCUT2D eigenvalue weighted by Gasteiger charge is 2.40. The fourth-order valence-corrected chi connectivity index (χ4v) is 3.85. The normalized spacial score (nSPS) is 19.1. The molecule has 1 fully saturated rings. The molecule has 1 N–H and O–H groups in total. The molecule has 108 valence electrons. The molecule has 2 heteroatoms. The zero-order valence-corrected chi connectivity index (χ0v) is 12.2. The molecule has 0 bridgehead atoms. The Morgan fingerprint density at radius 2 is 1.81 bits per heavy atom. The lowest BCUT2D eigenvalue weighted by atomic mass is 9.70. The third kappa shape index (κ3) is 2.18. The van der Waals surface area contributed by atoms with Crippen LogP contribution in [0.4, 0.5) is 4.39 Å². The van der Waals surface area contributed by atoms with Crippen LogP contribution in [-0.2, 0) is 24.7 Å². The van der Waals surface area contributed by atoms with Crippen LogP contribution in [0.2, 0.25) is 0 Å². The first-order valence-corrected chi connectivity index (χ1v) is 7.83. The van der Waals surface area contributed by atoms with E-state index in [-0.39, 0.29) is 11.2 Å². The first-order chi connectivity index (χ1) is 10.3. The number of hydrogen-bond donors (Lipinski definition) is 1. The average molecular weight is 281 g/mol. The summed E-state index contributed by atoms with van der Waals surface area (Å²) in [7, 11) is 0. The molecule has 1 heterocycles. The summed E-state index contributed by atoms with van der Waals surface area (Å²) in [5.41, 5.74) is 5.15. The number of rotatable bonds is 3. The van der Waals surface area contributed by atoms with Crippen LogP contribution in [0.15, 0.2) is 42.5 Å². The molecule has 1 saturated heterocycles. The van der Waals surface area contributed by atoms with Gasteiger partial charge in [0.15, 0.2) is 0 Å². The van der Waals surface area contributed by atoms with Gasteiger partial charge in [0.25, 0.3) is 0 Å². The molecule has 21 heavy (non-hydrogen) atoms. The van der Waals surface area contributed by atoms with Gasteiger partial charge >= 0.3 is 0 Å². The van der Waals surface area contributed by atoms with Crippen molar-refractivity contribution in [1.29, 1.82) is 0 Å². The topological polar surface area (TPSA) is 12.0 Å². The zero-order chi connectivity index (χ0) is 14.3. The van der Waals surface area contributed by atoms with Crippen LogP contribution in [-0.4, -0.2) is 13.1 Å². The predicted octanol–water partition coefficient (Wildman–Crippen LogP) is 3.40. The summed E-state index contributed by atoms with van der Waals surface area (Å²) >= 11 is 0. The van der Waals surface area contributed by atoms with Crippen LogP contribution in [0.25, 0.3) is 0 Å². The molecule has 2 aromatic carbocycles. The van der Waals surface area contributed by atoms with Crippen molar-refractivity contribution in [2.24, 2.45) is 0 Å². The molecule has 0 unspecified atom stereocenters. The molecule has 4 rings (SSSR count). The molecular weight excluding hydrogens is 261 g/mol. The molecule has 2 aromatic rings. The summed E-state index contributed by atoms with van der Waals surface area (Å²) in [4.78, 5) is 0. The molecule has 0 radical (unpaired) electrons. The molecule has 1 aliphatic heterocycles. The van der Waals surface area contributed by atoms with Crippen molar-refractivity contribution in [3.05, 3.63) is 70.5 Å². The molecule has 0 spiro atoms. The van der Waals surface area contributed by atoms with Crippen LogP contribution in [0, 0.1) is 5.82 Å². The molecule has 0 saturated carbocycles. The van der Waals surface area contributed by atoms with Crippen molar-refractivity contribution in [3.8, 4) is 0 Å². The fourth-order valence-electron chi connectivity index (χ4n) is 3.85. The minimum Gasteiger partial charge on any atom is -0.315 e. The van der Waals surface area contributed by atoms with Crippen molar-refractivity contribution in [2.45, 2.75) is 31.1 Å². The minimum atomic E-state index is -0.0712. The maximum atomic E-state index is 14.2. The van der Waals surface area contributed by atoms with Crippen molar-refractivity contribution >= 4 is 0 Å². The summed E-state index contributed by atoms with van der Waals surface area (Å²) in [6, 6.07) is 14.1. The lowest BCUT2D eigenvalue weighted by Crippen LogP contribution is -2.58. The van der Waals surface area contributed by atoms with Gasteiger partial charge in [0.2, 0.25) is 0 Å². The maximum Gasteiger partial charge on any atom is 0.127 e. The van der Waals surface area contributed by atoms with Crippen molar-refractivity contribution in [1.82, 2.24) is 5.32 Å². The molecule has 0 amide bonds. The largest absolute Gasteiger partial charge is 0.315 e. The number of nitrogens with one attached hydrogen (secondary N) is 1. The molecule has 0 atom stereocenters. The van der Waals surface area contributed by atoms with Gasteiger partial charge in [-0.2, -0.15) is 0 Å². The van der Waals surface area contributed by atoms with Crippen LogP contribution in [0.3, 0.4) is 0 Å². The number of benzene rings is 2. The van der Waals surface area contributed by atoms with E-state index in [4.69, 9.17) is 0 Å². The second kappa shape index (κ2) is 4.96. The van der Waals surface area contributed by atoms with E-state index < -0.39 is 0 Å². The SMILES string of the molecule is Fc1ccccc1C1(Cc2ccc3c(c2)CCC3)CNC1. The van der Waals surface area contributed by atoms with E-state index in [0.717, 1.165) is 25.1 Å². The van der Waals surface area contributed by atoms with Gasteiger partial charge in [-0.15, -0.1) is 0 Å². The van der Waals surface area contributed by atoms with Gasteiger partial charge in [0.1, 0.15) is 5.82 Å². The molecule has 1 aliphatic carbocycles. The molecule has 2 aliphatic rings. The highest BCUT2D eigenvalue weighted by molar-refractivity contribution is 5.39. The Morgan fingerprint density at radius 1 is 1.00 bits per heavy atom. The van der Waals surface area contributed by atoms with Gasteiger partial charge in [-0.3, -0.25) is 0 Å². The summed E-state index contributed by atoms with van der Waals surface area (Å²) < 4.78 is 14.2. The second-order valence-corrected chi connectivity index (χ2v) is 6.50. The van der Waals surface area contributed by atoms with Gasteiger partial charge in [0.05, 0.1) is 0 Å². The zero-order valence-electron chi connectivity index (χ0n) is 12.2. The Balaban J connectivity index is 1.67. The summed E-state index contributed by atoms with van der Waals surface area (Å²) in [5, 5.41) is 3.33. The van der Waals surface area contributed by atoms with Gasteiger partial charge in [-0.05, 0) is 54.0 Å². The third-order valence-corrected chi connectivity index (χ3v) is 5.08. The monoisotopic (exact) mass is 281 g/mol. The Hall–Kier alpha value is -1.67. The molecular formula is C19H20FN.